The minimum atomic E-state index is -0.220. The van der Waals surface area contributed by atoms with Crippen molar-refractivity contribution in [3.05, 3.63) is 52.8 Å². The van der Waals surface area contributed by atoms with Crippen LogP contribution in [0.4, 0.5) is 11.4 Å². The van der Waals surface area contributed by atoms with Gasteiger partial charge in [0.15, 0.2) is 0 Å². The Bertz CT molecular complexity index is 672. The van der Waals surface area contributed by atoms with Crippen molar-refractivity contribution in [2.24, 2.45) is 0 Å². The van der Waals surface area contributed by atoms with Gasteiger partial charge < -0.3 is 15.0 Å². The highest BCUT2D eigenvalue weighted by atomic mass is 79.9. The number of amides is 1. The third kappa shape index (κ3) is 3.45. The van der Waals surface area contributed by atoms with Crippen molar-refractivity contribution >= 4 is 33.2 Å². The Morgan fingerprint density at radius 3 is 2.68 bits per heavy atom. The molecule has 1 aliphatic rings. The zero-order chi connectivity index (χ0) is 15.4. The molecule has 1 N–H and O–H groups in total. The topological polar surface area (TPSA) is 54.5 Å². The number of ether oxygens (including phenoxy) is 1. The highest BCUT2D eigenvalue weighted by Crippen LogP contribution is 2.26. The van der Waals surface area contributed by atoms with Gasteiger partial charge in [0.05, 0.1) is 24.6 Å². The molecule has 5 nitrogen and oxygen atoms in total. The average molecular weight is 362 g/mol. The van der Waals surface area contributed by atoms with E-state index < -0.39 is 0 Å². The maximum absolute atomic E-state index is 12.4. The summed E-state index contributed by atoms with van der Waals surface area (Å²) in [7, 11) is 0. The molecule has 0 aliphatic carbocycles. The molecular formula is C16H16BrN3O2. The Kier molecular flexibility index (Phi) is 4.70. The zero-order valence-corrected chi connectivity index (χ0v) is 13.5. The van der Waals surface area contributed by atoms with Crippen molar-refractivity contribution < 1.29 is 9.53 Å². The smallest absolute Gasteiger partial charge is 0.274 e. The largest absolute Gasteiger partial charge is 0.378 e. The van der Waals surface area contributed by atoms with E-state index in [4.69, 9.17) is 4.74 Å². The molecule has 0 atom stereocenters. The molecule has 1 aromatic carbocycles. The van der Waals surface area contributed by atoms with E-state index in [1.54, 1.807) is 18.2 Å². The number of anilines is 2. The van der Waals surface area contributed by atoms with Gasteiger partial charge >= 0.3 is 0 Å². The van der Waals surface area contributed by atoms with Crippen LogP contribution >= 0.6 is 15.9 Å². The second-order valence-electron chi connectivity index (χ2n) is 4.92. The number of rotatable bonds is 3. The summed E-state index contributed by atoms with van der Waals surface area (Å²) in [5.41, 5.74) is 2.18. The van der Waals surface area contributed by atoms with Crippen LogP contribution in [0.15, 0.2) is 47.1 Å². The summed E-state index contributed by atoms with van der Waals surface area (Å²) in [5, 5.41) is 2.95. The number of para-hydroxylation sites is 2. The van der Waals surface area contributed by atoms with E-state index >= 15 is 0 Å². The van der Waals surface area contributed by atoms with Crippen molar-refractivity contribution in [2.75, 3.05) is 36.5 Å². The van der Waals surface area contributed by atoms with Crippen LogP contribution < -0.4 is 10.2 Å². The lowest BCUT2D eigenvalue weighted by atomic mass is 10.2. The Morgan fingerprint density at radius 2 is 1.91 bits per heavy atom. The van der Waals surface area contributed by atoms with Crippen LogP contribution in [0.3, 0.4) is 0 Å². The number of hydrogen-bond donors (Lipinski definition) is 1. The van der Waals surface area contributed by atoms with E-state index in [2.05, 4.69) is 31.1 Å². The van der Waals surface area contributed by atoms with Gasteiger partial charge in [0.1, 0.15) is 10.3 Å². The first-order valence-corrected chi connectivity index (χ1v) is 7.89. The van der Waals surface area contributed by atoms with Crippen molar-refractivity contribution in [2.45, 2.75) is 0 Å². The van der Waals surface area contributed by atoms with Gasteiger partial charge in [0, 0.05) is 13.1 Å². The van der Waals surface area contributed by atoms with Gasteiger partial charge in [-0.05, 0) is 40.2 Å². The molecule has 1 amide bonds. The molecule has 0 saturated carbocycles. The number of hydrogen-bond acceptors (Lipinski definition) is 4. The highest BCUT2D eigenvalue weighted by Gasteiger charge is 2.16. The number of carbonyl (C=O) groups is 1. The zero-order valence-electron chi connectivity index (χ0n) is 12.0. The van der Waals surface area contributed by atoms with Gasteiger partial charge in [0.2, 0.25) is 0 Å². The normalized spacial score (nSPS) is 14.7. The number of nitrogens with one attached hydrogen (secondary N) is 1. The van der Waals surface area contributed by atoms with Crippen molar-refractivity contribution in [3.63, 3.8) is 0 Å². The maximum atomic E-state index is 12.4. The third-order valence-electron chi connectivity index (χ3n) is 3.45. The number of morpholine rings is 1. The van der Waals surface area contributed by atoms with E-state index in [9.17, 15) is 4.79 Å². The van der Waals surface area contributed by atoms with Gasteiger partial charge in [-0.15, -0.1) is 0 Å². The van der Waals surface area contributed by atoms with Crippen LogP contribution in [0.5, 0.6) is 0 Å². The number of nitrogens with zero attached hydrogens (tertiary/aromatic N) is 2. The summed E-state index contributed by atoms with van der Waals surface area (Å²) in [5.74, 6) is -0.220. The Balaban J connectivity index is 1.81. The number of aromatic nitrogens is 1. The van der Waals surface area contributed by atoms with Gasteiger partial charge in [0.25, 0.3) is 5.91 Å². The van der Waals surface area contributed by atoms with Crippen LogP contribution in [0, 0.1) is 0 Å². The molecule has 22 heavy (non-hydrogen) atoms. The Labute approximate surface area is 137 Å². The van der Waals surface area contributed by atoms with Crippen LogP contribution in [-0.2, 0) is 4.74 Å². The Hall–Kier alpha value is -1.92. The van der Waals surface area contributed by atoms with Crippen molar-refractivity contribution in [1.29, 1.82) is 0 Å². The summed E-state index contributed by atoms with van der Waals surface area (Å²) in [6, 6.07) is 13.1. The fraction of sp³-hybridized carbons (Fsp3) is 0.250. The minimum Gasteiger partial charge on any atom is -0.378 e. The van der Waals surface area contributed by atoms with Gasteiger partial charge in [-0.1, -0.05) is 18.2 Å². The molecule has 1 saturated heterocycles. The molecule has 0 spiro atoms. The number of carbonyl (C=O) groups excluding carboxylic acids is 1. The lowest BCUT2D eigenvalue weighted by Gasteiger charge is -2.30. The lowest BCUT2D eigenvalue weighted by Crippen LogP contribution is -2.36. The molecular weight excluding hydrogens is 346 g/mol. The standard InChI is InChI=1S/C16H16BrN3O2/c17-15-7-3-5-13(18-15)16(21)19-12-4-1-2-6-14(12)20-8-10-22-11-9-20/h1-7H,8-11H2,(H,19,21). The highest BCUT2D eigenvalue weighted by molar-refractivity contribution is 9.10. The first-order valence-electron chi connectivity index (χ1n) is 7.10. The summed E-state index contributed by atoms with van der Waals surface area (Å²) in [4.78, 5) is 18.8. The van der Waals surface area contributed by atoms with Gasteiger partial charge in [-0.25, -0.2) is 4.98 Å². The summed E-state index contributed by atoms with van der Waals surface area (Å²) < 4.78 is 6.02. The first-order chi connectivity index (χ1) is 10.7. The molecule has 3 rings (SSSR count). The quantitative estimate of drug-likeness (QED) is 0.854. The molecule has 0 unspecified atom stereocenters. The van der Waals surface area contributed by atoms with Crippen molar-refractivity contribution in [3.8, 4) is 0 Å². The fourth-order valence-corrected chi connectivity index (χ4v) is 2.72. The predicted octanol–water partition coefficient (Wildman–Crippen LogP) is 2.93. The molecule has 114 valence electrons. The molecule has 2 heterocycles. The second-order valence-corrected chi connectivity index (χ2v) is 5.73. The molecule has 0 radical (unpaired) electrons. The van der Waals surface area contributed by atoms with Crippen LogP contribution in [0.25, 0.3) is 0 Å². The van der Waals surface area contributed by atoms with E-state index in [-0.39, 0.29) is 5.91 Å². The number of benzene rings is 1. The van der Waals surface area contributed by atoms with E-state index in [1.165, 1.54) is 0 Å². The van der Waals surface area contributed by atoms with Crippen LogP contribution in [-0.4, -0.2) is 37.2 Å². The summed E-state index contributed by atoms with van der Waals surface area (Å²) in [6.45, 7) is 3.05. The van der Waals surface area contributed by atoms with Crippen LogP contribution in [0.2, 0.25) is 0 Å². The number of halogens is 1. The van der Waals surface area contributed by atoms with E-state index in [0.29, 0.717) is 23.5 Å². The minimum absolute atomic E-state index is 0.220. The molecule has 1 fully saturated rings. The third-order valence-corrected chi connectivity index (χ3v) is 3.89. The first kappa shape index (κ1) is 15.0. The van der Waals surface area contributed by atoms with Gasteiger partial charge in [-0.2, -0.15) is 0 Å². The van der Waals surface area contributed by atoms with E-state index in [1.807, 2.05) is 24.3 Å². The summed E-state index contributed by atoms with van der Waals surface area (Å²) >= 11 is 3.28. The lowest BCUT2D eigenvalue weighted by molar-refractivity contribution is 0.102. The fourth-order valence-electron chi connectivity index (χ4n) is 2.38. The molecule has 2 aromatic rings. The molecule has 1 aliphatic heterocycles. The van der Waals surface area contributed by atoms with Crippen LogP contribution in [0.1, 0.15) is 10.5 Å². The van der Waals surface area contributed by atoms with Gasteiger partial charge in [-0.3, -0.25) is 4.79 Å². The van der Waals surface area contributed by atoms with Crippen molar-refractivity contribution in [1.82, 2.24) is 4.98 Å². The summed E-state index contributed by atoms with van der Waals surface area (Å²) in [6.07, 6.45) is 0. The second kappa shape index (κ2) is 6.89. The Morgan fingerprint density at radius 1 is 1.14 bits per heavy atom. The number of pyridine rings is 1. The predicted molar refractivity (Wildman–Crippen MR) is 89.4 cm³/mol. The molecule has 0 bridgehead atoms. The maximum Gasteiger partial charge on any atom is 0.274 e. The molecule has 6 heteroatoms. The SMILES string of the molecule is O=C(Nc1ccccc1N1CCOCC1)c1cccc(Br)n1. The van der Waals surface area contributed by atoms with E-state index in [0.717, 1.165) is 24.5 Å². The monoisotopic (exact) mass is 361 g/mol. The molecule has 1 aromatic heterocycles. The average Bonchev–Trinajstić information content (AvgIpc) is 2.56.